The molecule has 0 radical (unpaired) electrons. The molecule has 0 bridgehead atoms. The number of azide groups is 1. The van der Waals surface area contributed by atoms with E-state index in [4.69, 9.17) is 5.53 Å². The fraction of sp³-hybridized carbons (Fsp3) is 0.111. The van der Waals surface area contributed by atoms with Crippen LogP contribution in [0.2, 0.25) is 0 Å². The molecule has 0 saturated carbocycles. The SMILES string of the molecule is [N-]=[N+]=N/C(=C\C#CCS(=O)(=O)c1ccccc1)CS(=O)(=O)c1ccccc1. The summed E-state index contributed by atoms with van der Waals surface area (Å²) in [4.78, 5) is 2.83. The minimum absolute atomic E-state index is 0.0867. The van der Waals surface area contributed by atoms with Crippen molar-refractivity contribution in [2.24, 2.45) is 5.11 Å². The summed E-state index contributed by atoms with van der Waals surface area (Å²) in [5, 5.41) is 3.34. The number of benzene rings is 2. The number of nitrogens with zero attached hydrogens (tertiary/aromatic N) is 3. The van der Waals surface area contributed by atoms with E-state index >= 15 is 0 Å². The van der Waals surface area contributed by atoms with Gasteiger partial charge in [-0.05, 0) is 35.9 Å². The first-order valence-electron chi connectivity index (χ1n) is 7.63. The van der Waals surface area contributed by atoms with Gasteiger partial charge in [0.15, 0.2) is 19.7 Å². The fourth-order valence-electron chi connectivity index (χ4n) is 2.04. The van der Waals surface area contributed by atoms with Crippen molar-refractivity contribution in [1.82, 2.24) is 0 Å². The molecule has 0 aliphatic rings. The van der Waals surface area contributed by atoms with E-state index in [2.05, 4.69) is 21.9 Å². The molecule has 0 N–H and O–H groups in total. The maximum Gasteiger partial charge on any atom is 0.189 e. The molecule has 0 aliphatic heterocycles. The molecule has 9 heteroatoms. The minimum atomic E-state index is -3.71. The van der Waals surface area contributed by atoms with Crippen LogP contribution in [-0.4, -0.2) is 28.3 Å². The number of hydrogen-bond acceptors (Lipinski definition) is 5. The molecule has 0 atom stereocenters. The molecule has 2 aromatic carbocycles. The zero-order chi connectivity index (χ0) is 19.8. The van der Waals surface area contributed by atoms with E-state index in [9.17, 15) is 16.8 Å². The van der Waals surface area contributed by atoms with Crippen molar-refractivity contribution in [2.45, 2.75) is 9.79 Å². The summed E-state index contributed by atoms with van der Waals surface area (Å²) in [6.45, 7) is 0. The van der Waals surface area contributed by atoms with Gasteiger partial charge < -0.3 is 0 Å². The van der Waals surface area contributed by atoms with E-state index in [0.717, 1.165) is 6.08 Å². The van der Waals surface area contributed by atoms with Gasteiger partial charge in [0.05, 0.1) is 15.5 Å². The Morgan fingerprint density at radius 3 is 1.96 bits per heavy atom. The third-order valence-corrected chi connectivity index (χ3v) is 6.50. The van der Waals surface area contributed by atoms with Crippen LogP contribution in [0.5, 0.6) is 0 Å². The quantitative estimate of drug-likeness (QED) is 0.320. The Bertz CT molecular complexity index is 1140. The zero-order valence-electron chi connectivity index (χ0n) is 14.1. The number of hydrogen-bond donors (Lipinski definition) is 0. The van der Waals surface area contributed by atoms with Crippen LogP contribution >= 0.6 is 0 Å². The van der Waals surface area contributed by atoms with Gasteiger partial charge in [-0.1, -0.05) is 53.4 Å². The number of allylic oxidation sites excluding steroid dienone is 1. The molecule has 27 heavy (non-hydrogen) atoms. The molecule has 2 aromatic rings. The van der Waals surface area contributed by atoms with E-state index < -0.39 is 31.2 Å². The summed E-state index contributed by atoms with van der Waals surface area (Å²) in [7, 11) is -7.28. The van der Waals surface area contributed by atoms with Crippen LogP contribution in [-0.2, 0) is 19.7 Å². The second-order valence-electron chi connectivity index (χ2n) is 5.29. The molecular weight excluding hydrogens is 386 g/mol. The Hall–Kier alpha value is -3.05. The van der Waals surface area contributed by atoms with E-state index in [1.807, 2.05) is 0 Å². The maximum atomic E-state index is 12.3. The van der Waals surface area contributed by atoms with Gasteiger partial charge in [-0.2, -0.15) is 0 Å². The van der Waals surface area contributed by atoms with E-state index in [-0.39, 0.29) is 15.5 Å². The second kappa shape index (κ2) is 9.05. The predicted octanol–water partition coefficient (Wildman–Crippen LogP) is 3.13. The van der Waals surface area contributed by atoms with Gasteiger partial charge >= 0.3 is 0 Å². The number of rotatable bonds is 6. The van der Waals surface area contributed by atoms with Gasteiger partial charge in [0.1, 0.15) is 5.75 Å². The summed E-state index contributed by atoms with van der Waals surface area (Å²) < 4.78 is 48.9. The highest BCUT2D eigenvalue weighted by molar-refractivity contribution is 7.92. The molecule has 7 nitrogen and oxygen atoms in total. The summed E-state index contributed by atoms with van der Waals surface area (Å²) in [6.07, 6.45) is 1.11. The van der Waals surface area contributed by atoms with Crippen LogP contribution in [0.25, 0.3) is 10.4 Å². The topological polar surface area (TPSA) is 117 Å². The molecule has 2 rings (SSSR count). The third kappa shape index (κ3) is 6.01. The maximum absolute atomic E-state index is 12.3. The van der Waals surface area contributed by atoms with Gasteiger partial charge in [0, 0.05) is 10.6 Å². The molecule has 0 unspecified atom stereocenters. The molecule has 0 fully saturated rings. The fourth-order valence-corrected chi connectivity index (χ4v) is 4.33. The number of sulfone groups is 2. The molecule has 0 amide bonds. The Morgan fingerprint density at radius 1 is 0.926 bits per heavy atom. The normalized spacial score (nSPS) is 11.8. The van der Waals surface area contributed by atoms with Gasteiger partial charge in [0.2, 0.25) is 0 Å². The van der Waals surface area contributed by atoms with Crippen molar-refractivity contribution < 1.29 is 16.8 Å². The smallest absolute Gasteiger partial charge is 0.189 e. The van der Waals surface area contributed by atoms with Gasteiger partial charge in [0.25, 0.3) is 0 Å². The van der Waals surface area contributed by atoms with Crippen molar-refractivity contribution in [2.75, 3.05) is 11.5 Å². The third-order valence-electron chi connectivity index (χ3n) is 3.32. The molecule has 0 aliphatic carbocycles. The van der Waals surface area contributed by atoms with Gasteiger partial charge in [-0.3, -0.25) is 0 Å². The van der Waals surface area contributed by atoms with Crippen LogP contribution in [0.4, 0.5) is 0 Å². The summed E-state index contributed by atoms with van der Waals surface area (Å²) >= 11 is 0. The first kappa shape index (κ1) is 20.3. The molecule has 0 saturated heterocycles. The Labute approximate surface area is 157 Å². The second-order valence-corrected chi connectivity index (χ2v) is 9.27. The summed E-state index contributed by atoms with van der Waals surface area (Å²) in [6, 6.07) is 15.5. The lowest BCUT2D eigenvalue weighted by atomic mass is 10.4. The highest BCUT2D eigenvalue weighted by atomic mass is 32.2. The molecule has 0 spiro atoms. The highest BCUT2D eigenvalue weighted by Gasteiger charge is 2.15. The van der Waals surface area contributed by atoms with Crippen molar-refractivity contribution in [1.29, 1.82) is 0 Å². The van der Waals surface area contributed by atoms with Crippen LogP contribution in [0, 0.1) is 11.8 Å². The van der Waals surface area contributed by atoms with Crippen molar-refractivity contribution in [3.05, 3.63) is 82.9 Å². The standard InChI is InChI=1S/C18H15N3O4S2/c19-21-20-16(15-27(24,25)18-12-5-2-6-13-18)9-7-8-14-26(22,23)17-10-3-1-4-11-17/h1-6,9-13H,14-15H2/b16-9-. The van der Waals surface area contributed by atoms with E-state index in [1.165, 1.54) is 24.3 Å². The van der Waals surface area contributed by atoms with Crippen LogP contribution in [0.3, 0.4) is 0 Å². The van der Waals surface area contributed by atoms with Crippen molar-refractivity contribution >= 4 is 19.7 Å². The van der Waals surface area contributed by atoms with Crippen molar-refractivity contribution in [3.63, 3.8) is 0 Å². The summed E-state index contributed by atoms with van der Waals surface area (Å²) in [5.74, 6) is 3.91. The Morgan fingerprint density at radius 2 is 1.44 bits per heavy atom. The predicted molar refractivity (Wildman–Crippen MR) is 102 cm³/mol. The first-order chi connectivity index (χ1) is 12.8. The van der Waals surface area contributed by atoms with E-state index in [0.29, 0.717) is 0 Å². The monoisotopic (exact) mass is 401 g/mol. The van der Waals surface area contributed by atoms with Crippen LogP contribution in [0.15, 0.2) is 87.3 Å². The lowest BCUT2D eigenvalue weighted by Crippen LogP contribution is -2.08. The zero-order valence-corrected chi connectivity index (χ0v) is 15.7. The van der Waals surface area contributed by atoms with Crippen molar-refractivity contribution in [3.8, 4) is 11.8 Å². The largest absolute Gasteiger partial charge is 0.223 e. The van der Waals surface area contributed by atoms with E-state index in [1.54, 1.807) is 36.4 Å². The summed E-state index contributed by atoms with van der Waals surface area (Å²) in [5.41, 5.74) is 8.50. The average molecular weight is 401 g/mol. The molecule has 0 heterocycles. The molecule has 0 aromatic heterocycles. The van der Waals surface area contributed by atoms with Gasteiger partial charge in [-0.25, -0.2) is 16.8 Å². The van der Waals surface area contributed by atoms with Gasteiger partial charge in [-0.15, -0.1) is 0 Å². The average Bonchev–Trinajstić information content (AvgIpc) is 2.66. The molecular formula is C18H15N3O4S2. The first-order valence-corrected chi connectivity index (χ1v) is 10.9. The van der Waals surface area contributed by atoms with Crippen LogP contribution < -0.4 is 0 Å². The Kier molecular flexibility index (Phi) is 6.79. The lowest BCUT2D eigenvalue weighted by Gasteiger charge is -2.03. The highest BCUT2D eigenvalue weighted by Crippen LogP contribution is 2.14. The minimum Gasteiger partial charge on any atom is -0.223 e. The van der Waals surface area contributed by atoms with Crippen LogP contribution in [0.1, 0.15) is 0 Å². The molecule has 138 valence electrons. The lowest BCUT2D eigenvalue weighted by molar-refractivity contribution is 0.596. The Balaban J connectivity index is 2.18.